The minimum absolute atomic E-state index is 0.640. The van der Waals surface area contributed by atoms with Crippen molar-refractivity contribution in [3.8, 4) is 0 Å². The molecule has 0 bridgehead atoms. The molecular formula is C9H10Cl2. The minimum atomic E-state index is 0.640. The van der Waals surface area contributed by atoms with Crippen LogP contribution in [-0.2, 0) is 6.42 Å². The van der Waals surface area contributed by atoms with Gasteiger partial charge in [0.15, 0.2) is 0 Å². The van der Waals surface area contributed by atoms with Crippen LogP contribution in [-0.4, -0.2) is 0 Å². The van der Waals surface area contributed by atoms with Crippen LogP contribution in [0.3, 0.4) is 0 Å². The molecule has 0 saturated carbocycles. The van der Waals surface area contributed by atoms with E-state index in [2.05, 4.69) is 6.92 Å². The highest BCUT2D eigenvalue weighted by atomic mass is 35.5. The third-order valence-electron chi connectivity index (χ3n) is 1.83. The van der Waals surface area contributed by atoms with Crippen molar-refractivity contribution in [2.75, 3.05) is 0 Å². The van der Waals surface area contributed by atoms with E-state index in [4.69, 9.17) is 23.2 Å². The first-order valence-electron chi connectivity index (χ1n) is 3.60. The highest BCUT2D eigenvalue weighted by Gasteiger charge is 2.03. The van der Waals surface area contributed by atoms with Crippen LogP contribution in [0.1, 0.15) is 18.1 Å². The van der Waals surface area contributed by atoms with Gasteiger partial charge in [-0.2, -0.15) is 0 Å². The Labute approximate surface area is 77.1 Å². The lowest BCUT2D eigenvalue weighted by Gasteiger charge is -2.05. The van der Waals surface area contributed by atoms with Crippen LogP contribution in [0.5, 0.6) is 0 Å². The number of halogens is 2. The third kappa shape index (κ3) is 1.69. The number of hydrogen-bond donors (Lipinski definition) is 0. The average Bonchev–Trinajstić information content (AvgIpc) is 2.01. The van der Waals surface area contributed by atoms with Gasteiger partial charge >= 0.3 is 0 Å². The van der Waals surface area contributed by atoms with Gasteiger partial charge in [-0.3, -0.25) is 0 Å². The summed E-state index contributed by atoms with van der Waals surface area (Å²) in [5, 5.41) is 1.33. The summed E-state index contributed by atoms with van der Waals surface area (Å²) in [6, 6.07) is 3.86. The Morgan fingerprint density at radius 1 is 1.27 bits per heavy atom. The fourth-order valence-corrected chi connectivity index (χ4v) is 1.46. The summed E-state index contributed by atoms with van der Waals surface area (Å²) in [5.41, 5.74) is 2.36. The maximum absolute atomic E-state index is 5.93. The van der Waals surface area contributed by atoms with Crippen molar-refractivity contribution in [2.24, 2.45) is 0 Å². The van der Waals surface area contributed by atoms with Gasteiger partial charge in [0.2, 0.25) is 0 Å². The maximum atomic E-state index is 5.93. The predicted molar refractivity (Wildman–Crippen MR) is 50.6 cm³/mol. The Morgan fingerprint density at radius 3 is 2.45 bits per heavy atom. The SMILES string of the molecule is CCc1ccc(Cl)c(Cl)c1C. The van der Waals surface area contributed by atoms with E-state index < -0.39 is 0 Å². The normalized spacial score (nSPS) is 10.2. The zero-order chi connectivity index (χ0) is 8.43. The van der Waals surface area contributed by atoms with Crippen LogP contribution in [0.15, 0.2) is 12.1 Å². The van der Waals surface area contributed by atoms with Gasteiger partial charge in [0.1, 0.15) is 0 Å². The Kier molecular flexibility index (Phi) is 2.80. The quantitative estimate of drug-likeness (QED) is 0.629. The van der Waals surface area contributed by atoms with E-state index >= 15 is 0 Å². The van der Waals surface area contributed by atoms with Crippen LogP contribution in [0.2, 0.25) is 10.0 Å². The summed E-state index contributed by atoms with van der Waals surface area (Å²) in [6.45, 7) is 4.10. The Balaban J connectivity index is 3.25. The second-order valence-corrected chi connectivity index (χ2v) is 3.28. The zero-order valence-corrected chi connectivity index (χ0v) is 8.13. The van der Waals surface area contributed by atoms with Gasteiger partial charge in [-0.25, -0.2) is 0 Å². The van der Waals surface area contributed by atoms with E-state index in [1.165, 1.54) is 5.56 Å². The number of hydrogen-bond acceptors (Lipinski definition) is 0. The molecule has 0 aliphatic rings. The van der Waals surface area contributed by atoms with E-state index in [0.29, 0.717) is 10.0 Å². The molecule has 0 spiro atoms. The van der Waals surface area contributed by atoms with Crippen LogP contribution in [0, 0.1) is 6.92 Å². The predicted octanol–water partition coefficient (Wildman–Crippen LogP) is 3.86. The van der Waals surface area contributed by atoms with Crippen molar-refractivity contribution in [3.05, 3.63) is 33.3 Å². The molecule has 0 N–H and O–H groups in total. The molecule has 11 heavy (non-hydrogen) atoms. The van der Waals surface area contributed by atoms with Crippen LogP contribution >= 0.6 is 23.2 Å². The molecule has 0 atom stereocenters. The number of benzene rings is 1. The molecule has 2 heteroatoms. The lowest BCUT2D eigenvalue weighted by atomic mass is 10.1. The fraction of sp³-hybridized carbons (Fsp3) is 0.333. The molecule has 0 saturated heterocycles. The van der Waals surface area contributed by atoms with Gasteiger partial charge in [0.25, 0.3) is 0 Å². The molecule has 0 amide bonds. The first-order chi connectivity index (χ1) is 5.16. The van der Waals surface area contributed by atoms with Crippen LogP contribution < -0.4 is 0 Å². The average molecular weight is 189 g/mol. The van der Waals surface area contributed by atoms with Gasteiger partial charge in [-0.15, -0.1) is 0 Å². The molecule has 0 aromatic heterocycles. The molecular weight excluding hydrogens is 179 g/mol. The van der Waals surface area contributed by atoms with Crippen molar-refractivity contribution in [2.45, 2.75) is 20.3 Å². The molecule has 0 heterocycles. The van der Waals surface area contributed by atoms with Gasteiger partial charge < -0.3 is 0 Å². The Hall–Kier alpha value is -0.200. The van der Waals surface area contributed by atoms with Gasteiger partial charge in [-0.05, 0) is 30.5 Å². The van der Waals surface area contributed by atoms with Crippen molar-refractivity contribution >= 4 is 23.2 Å². The Bertz CT molecular complexity index is 267. The van der Waals surface area contributed by atoms with Crippen molar-refractivity contribution in [1.29, 1.82) is 0 Å². The summed E-state index contributed by atoms with van der Waals surface area (Å²) in [7, 11) is 0. The second kappa shape index (κ2) is 3.46. The maximum Gasteiger partial charge on any atom is 0.0624 e. The Morgan fingerprint density at radius 2 is 1.91 bits per heavy atom. The topological polar surface area (TPSA) is 0 Å². The van der Waals surface area contributed by atoms with Crippen molar-refractivity contribution < 1.29 is 0 Å². The van der Waals surface area contributed by atoms with Gasteiger partial charge in [0, 0.05) is 0 Å². The molecule has 0 fully saturated rings. The molecule has 0 aliphatic heterocycles. The van der Waals surface area contributed by atoms with Crippen molar-refractivity contribution in [1.82, 2.24) is 0 Å². The molecule has 0 aliphatic carbocycles. The molecule has 1 aromatic carbocycles. The number of rotatable bonds is 1. The standard InChI is InChI=1S/C9H10Cl2/c1-3-7-4-5-8(10)9(11)6(7)2/h4-5H,3H2,1-2H3. The zero-order valence-electron chi connectivity index (χ0n) is 6.62. The van der Waals surface area contributed by atoms with Crippen LogP contribution in [0.4, 0.5) is 0 Å². The first kappa shape index (κ1) is 8.89. The van der Waals surface area contributed by atoms with E-state index in [0.717, 1.165) is 12.0 Å². The summed E-state index contributed by atoms with van der Waals surface area (Å²) < 4.78 is 0. The summed E-state index contributed by atoms with van der Waals surface area (Å²) in [5.74, 6) is 0. The number of aryl methyl sites for hydroxylation is 1. The highest BCUT2D eigenvalue weighted by molar-refractivity contribution is 6.42. The smallest absolute Gasteiger partial charge is 0.0624 e. The highest BCUT2D eigenvalue weighted by Crippen LogP contribution is 2.27. The third-order valence-corrected chi connectivity index (χ3v) is 2.73. The van der Waals surface area contributed by atoms with Crippen molar-refractivity contribution in [3.63, 3.8) is 0 Å². The molecule has 1 rings (SSSR count). The monoisotopic (exact) mass is 188 g/mol. The first-order valence-corrected chi connectivity index (χ1v) is 4.36. The van der Waals surface area contributed by atoms with E-state index in [9.17, 15) is 0 Å². The fourth-order valence-electron chi connectivity index (χ4n) is 1.08. The van der Waals surface area contributed by atoms with E-state index in [1.807, 2.05) is 19.1 Å². The molecule has 60 valence electrons. The van der Waals surface area contributed by atoms with Gasteiger partial charge in [0.05, 0.1) is 10.0 Å². The largest absolute Gasteiger partial charge is 0.0827 e. The molecule has 0 radical (unpaired) electrons. The van der Waals surface area contributed by atoms with E-state index in [1.54, 1.807) is 0 Å². The second-order valence-electron chi connectivity index (χ2n) is 2.50. The minimum Gasteiger partial charge on any atom is -0.0827 e. The summed E-state index contributed by atoms with van der Waals surface area (Å²) >= 11 is 11.7. The lowest BCUT2D eigenvalue weighted by molar-refractivity contribution is 1.11. The lowest BCUT2D eigenvalue weighted by Crippen LogP contribution is -1.87. The summed E-state index contributed by atoms with van der Waals surface area (Å²) in [6.07, 6.45) is 1.00. The van der Waals surface area contributed by atoms with Gasteiger partial charge in [-0.1, -0.05) is 36.2 Å². The molecule has 1 aromatic rings. The van der Waals surface area contributed by atoms with Crippen LogP contribution in [0.25, 0.3) is 0 Å². The molecule has 0 unspecified atom stereocenters. The molecule has 0 nitrogen and oxygen atoms in total. The van der Waals surface area contributed by atoms with E-state index in [-0.39, 0.29) is 0 Å². The summed E-state index contributed by atoms with van der Waals surface area (Å²) in [4.78, 5) is 0.